The highest BCUT2D eigenvalue weighted by molar-refractivity contribution is 5.48. The number of benzene rings is 1. The summed E-state index contributed by atoms with van der Waals surface area (Å²) in [5, 5.41) is 13.1. The Balaban J connectivity index is 2.19. The van der Waals surface area contributed by atoms with Crippen LogP contribution in [0.3, 0.4) is 0 Å². The van der Waals surface area contributed by atoms with Crippen molar-refractivity contribution in [1.29, 1.82) is 0 Å². The van der Waals surface area contributed by atoms with Crippen LogP contribution in [0, 0.1) is 0 Å². The molecule has 1 aromatic carbocycles. The normalized spacial score (nSPS) is 10.6. The van der Waals surface area contributed by atoms with Crippen molar-refractivity contribution in [2.75, 3.05) is 18.9 Å². The average Bonchev–Trinajstić information content (AvgIpc) is 2.79. The second-order valence-electron chi connectivity index (χ2n) is 4.22. The number of nitrogens with zero attached hydrogens (tertiary/aromatic N) is 2. The quantitative estimate of drug-likeness (QED) is 0.831. The van der Waals surface area contributed by atoms with Crippen molar-refractivity contribution in [3.05, 3.63) is 36.0 Å². The molecule has 0 saturated heterocycles. The second kappa shape index (κ2) is 6.24. The molecule has 0 aliphatic rings. The lowest BCUT2D eigenvalue weighted by molar-refractivity contribution is 0.288. The topological polar surface area (TPSA) is 73.3 Å². The Hall–Kier alpha value is -2.01. The lowest BCUT2D eigenvalue weighted by Gasteiger charge is -2.07. The van der Waals surface area contributed by atoms with Crippen molar-refractivity contribution in [3.63, 3.8) is 0 Å². The van der Waals surface area contributed by atoms with Crippen LogP contribution in [0.25, 0.3) is 5.69 Å². The van der Waals surface area contributed by atoms with E-state index in [1.165, 1.54) is 0 Å². The minimum Gasteiger partial charge on any atom is -0.494 e. The zero-order valence-electron chi connectivity index (χ0n) is 11.0. The average molecular weight is 261 g/mol. The van der Waals surface area contributed by atoms with E-state index in [0.29, 0.717) is 18.8 Å². The van der Waals surface area contributed by atoms with E-state index in [0.717, 1.165) is 23.4 Å². The van der Waals surface area contributed by atoms with Crippen LogP contribution in [0.2, 0.25) is 0 Å². The van der Waals surface area contributed by atoms with Gasteiger partial charge in [0.2, 0.25) is 0 Å². The first-order chi connectivity index (χ1) is 9.26. The van der Waals surface area contributed by atoms with E-state index in [1.54, 1.807) is 10.9 Å². The fraction of sp³-hybridized carbons (Fsp3) is 0.357. The summed E-state index contributed by atoms with van der Waals surface area (Å²) in [6, 6.07) is 7.63. The molecule has 0 radical (unpaired) electrons. The molecule has 0 fully saturated rings. The second-order valence-corrected chi connectivity index (χ2v) is 4.22. The van der Waals surface area contributed by atoms with Crippen molar-refractivity contribution < 1.29 is 9.84 Å². The monoisotopic (exact) mass is 261 g/mol. The van der Waals surface area contributed by atoms with Crippen LogP contribution in [0.15, 0.2) is 30.5 Å². The molecule has 0 spiro atoms. The number of aromatic nitrogens is 2. The van der Waals surface area contributed by atoms with E-state index < -0.39 is 0 Å². The summed E-state index contributed by atoms with van der Waals surface area (Å²) in [4.78, 5) is 0. The molecule has 0 atom stereocenters. The van der Waals surface area contributed by atoms with Gasteiger partial charge in [0, 0.05) is 12.2 Å². The highest BCUT2D eigenvalue weighted by Gasteiger charge is 2.08. The molecule has 102 valence electrons. The van der Waals surface area contributed by atoms with E-state index >= 15 is 0 Å². The molecule has 0 unspecified atom stereocenters. The van der Waals surface area contributed by atoms with Crippen LogP contribution in [0.5, 0.6) is 5.75 Å². The maximum absolute atomic E-state index is 8.84. The Labute approximate surface area is 112 Å². The molecular weight excluding hydrogens is 242 g/mol. The third kappa shape index (κ3) is 3.06. The van der Waals surface area contributed by atoms with Crippen molar-refractivity contribution in [2.45, 2.75) is 19.8 Å². The van der Waals surface area contributed by atoms with Gasteiger partial charge in [0.15, 0.2) is 0 Å². The molecule has 3 N–H and O–H groups in total. The Morgan fingerprint density at radius 3 is 2.68 bits per heavy atom. The predicted molar refractivity (Wildman–Crippen MR) is 74.6 cm³/mol. The fourth-order valence-electron chi connectivity index (χ4n) is 1.91. The van der Waals surface area contributed by atoms with Gasteiger partial charge in [0.05, 0.1) is 18.5 Å². The summed E-state index contributed by atoms with van der Waals surface area (Å²) in [5.74, 6) is 1.45. The first-order valence-corrected chi connectivity index (χ1v) is 6.42. The Bertz CT molecular complexity index is 520. The molecule has 0 bridgehead atoms. The largest absolute Gasteiger partial charge is 0.494 e. The number of hydrogen-bond acceptors (Lipinski definition) is 4. The van der Waals surface area contributed by atoms with Crippen LogP contribution >= 0.6 is 0 Å². The molecule has 1 heterocycles. The smallest absolute Gasteiger partial charge is 0.130 e. The number of aliphatic hydroxyl groups excluding tert-OH is 1. The third-order valence-electron chi connectivity index (χ3n) is 2.88. The van der Waals surface area contributed by atoms with E-state index in [1.807, 2.05) is 31.2 Å². The first kappa shape index (κ1) is 13.4. The van der Waals surface area contributed by atoms with Gasteiger partial charge in [-0.15, -0.1) is 0 Å². The van der Waals surface area contributed by atoms with E-state index in [9.17, 15) is 0 Å². The van der Waals surface area contributed by atoms with Crippen molar-refractivity contribution in [3.8, 4) is 11.4 Å². The zero-order chi connectivity index (χ0) is 13.7. The SMILES string of the molecule is CCOc1ccc(-n2ncc(CCCO)c2N)cc1. The van der Waals surface area contributed by atoms with Gasteiger partial charge in [-0.3, -0.25) is 0 Å². The number of rotatable bonds is 6. The summed E-state index contributed by atoms with van der Waals surface area (Å²) in [6.07, 6.45) is 3.18. The number of nitrogen functional groups attached to an aromatic ring is 1. The highest BCUT2D eigenvalue weighted by Crippen LogP contribution is 2.20. The number of hydrogen-bond donors (Lipinski definition) is 2. The molecule has 0 aliphatic heterocycles. The van der Waals surface area contributed by atoms with Gasteiger partial charge in [-0.2, -0.15) is 5.10 Å². The first-order valence-electron chi connectivity index (χ1n) is 6.42. The van der Waals surface area contributed by atoms with Crippen molar-refractivity contribution in [2.24, 2.45) is 0 Å². The van der Waals surface area contributed by atoms with Gasteiger partial charge in [-0.25, -0.2) is 4.68 Å². The summed E-state index contributed by atoms with van der Waals surface area (Å²) >= 11 is 0. The van der Waals surface area contributed by atoms with Gasteiger partial charge in [-0.1, -0.05) is 0 Å². The Morgan fingerprint density at radius 2 is 2.05 bits per heavy atom. The molecular formula is C14H19N3O2. The summed E-state index contributed by atoms with van der Waals surface area (Å²) in [6.45, 7) is 2.76. The van der Waals surface area contributed by atoms with Gasteiger partial charge in [0.25, 0.3) is 0 Å². The number of anilines is 1. The maximum Gasteiger partial charge on any atom is 0.130 e. The summed E-state index contributed by atoms with van der Waals surface area (Å²) < 4.78 is 7.09. The predicted octanol–water partition coefficient (Wildman–Crippen LogP) is 1.78. The summed E-state index contributed by atoms with van der Waals surface area (Å²) in [5.41, 5.74) is 7.92. The van der Waals surface area contributed by atoms with Gasteiger partial charge in [-0.05, 0) is 44.0 Å². The number of nitrogens with two attached hydrogens (primary N) is 1. The van der Waals surface area contributed by atoms with Crippen LogP contribution in [-0.4, -0.2) is 28.1 Å². The lowest BCUT2D eigenvalue weighted by Crippen LogP contribution is -2.03. The highest BCUT2D eigenvalue weighted by atomic mass is 16.5. The van der Waals surface area contributed by atoms with Crippen LogP contribution in [0.1, 0.15) is 18.9 Å². The zero-order valence-corrected chi connectivity index (χ0v) is 11.0. The number of aliphatic hydroxyl groups is 1. The Morgan fingerprint density at radius 1 is 1.32 bits per heavy atom. The minimum atomic E-state index is 0.160. The minimum absolute atomic E-state index is 0.160. The third-order valence-corrected chi connectivity index (χ3v) is 2.88. The van der Waals surface area contributed by atoms with E-state index in [-0.39, 0.29) is 6.61 Å². The molecule has 2 rings (SSSR count). The lowest BCUT2D eigenvalue weighted by atomic mass is 10.2. The molecule has 19 heavy (non-hydrogen) atoms. The molecule has 2 aromatic rings. The van der Waals surface area contributed by atoms with Crippen LogP contribution in [0.4, 0.5) is 5.82 Å². The van der Waals surface area contributed by atoms with Gasteiger partial charge in [0.1, 0.15) is 11.6 Å². The Kier molecular flexibility index (Phi) is 4.41. The molecule has 5 nitrogen and oxygen atoms in total. The van der Waals surface area contributed by atoms with Gasteiger partial charge < -0.3 is 15.6 Å². The van der Waals surface area contributed by atoms with Gasteiger partial charge >= 0.3 is 0 Å². The van der Waals surface area contributed by atoms with Crippen LogP contribution in [-0.2, 0) is 6.42 Å². The maximum atomic E-state index is 8.84. The molecule has 0 saturated carbocycles. The van der Waals surface area contributed by atoms with Crippen LogP contribution < -0.4 is 10.5 Å². The molecule has 1 aromatic heterocycles. The summed E-state index contributed by atoms with van der Waals surface area (Å²) in [7, 11) is 0. The van der Waals surface area contributed by atoms with E-state index in [2.05, 4.69) is 5.10 Å². The standard InChI is InChI=1S/C14H19N3O2/c1-2-19-13-7-5-12(6-8-13)17-14(15)11(10-16-17)4-3-9-18/h5-8,10,18H,2-4,9,15H2,1H3. The number of ether oxygens (including phenoxy) is 1. The van der Waals surface area contributed by atoms with Crippen molar-refractivity contribution >= 4 is 5.82 Å². The molecule has 0 aliphatic carbocycles. The fourth-order valence-corrected chi connectivity index (χ4v) is 1.91. The molecule has 0 amide bonds. The van der Waals surface area contributed by atoms with Crippen molar-refractivity contribution in [1.82, 2.24) is 9.78 Å². The molecule has 5 heteroatoms. The number of aryl methyl sites for hydroxylation is 1. The van der Waals surface area contributed by atoms with E-state index in [4.69, 9.17) is 15.6 Å².